The second-order valence-electron chi connectivity index (χ2n) is 5.74. The van der Waals surface area contributed by atoms with Gasteiger partial charge in [0.15, 0.2) is 0 Å². The topological polar surface area (TPSA) is 84.3 Å². The standard InChI is InChI=1S/C20H19N3O3/c1-26-18-9-5-15(6-10-18)16-12-21-20(22-13-16)23-17-7-2-14(3-8-17)4-11-19(24)25/h2-3,5-10,12-13H,4,11H2,1H3,(H,24,25)(H,21,22,23). The predicted molar refractivity (Wildman–Crippen MR) is 99.7 cm³/mol. The number of nitrogens with one attached hydrogen (secondary N) is 1. The Morgan fingerprint density at radius 1 is 1.00 bits per heavy atom. The molecule has 3 aromatic rings. The van der Waals surface area contributed by atoms with E-state index >= 15 is 0 Å². The van der Waals surface area contributed by atoms with Crippen molar-refractivity contribution in [1.82, 2.24) is 9.97 Å². The summed E-state index contributed by atoms with van der Waals surface area (Å²) in [5.74, 6) is 0.512. The van der Waals surface area contributed by atoms with E-state index in [1.165, 1.54) is 0 Å². The van der Waals surface area contributed by atoms with Gasteiger partial charge < -0.3 is 15.2 Å². The lowest BCUT2D eigenvalue weighted by Crippen LogP contribution is -1.99. The number of rotatable bonds is 7. The number of ether oxygens (including phenoxy) is 1. The van der Waals surface area contributed by atoms with E-state index in [-0.39, 0.29) is 6.42 Å². The summed E-state index contributed by atoms with van der Waals surface area (Å²) >= 11 is 0. The van der Waals surface area contributed by atoms with Crippen molar-refractivity contribution in [3.8, 4) is 16.9 Å². The molecule has 1 heterocycles. The third-order valence-electron chi connectivity index (χ3n) is 3.91. The number of aliphatic carboxylic acids is 1. The van der Waals surface area contributed by atoms with Crippen molar-refractivity contribution in [2.24, 2.45) is 0 Å². The average molecular weight is 349 g/mol. The molecule has 0 aliphatic heterocycles. The van der Waals surface area contributed by atoms with Crippen LogP contribution >= 0.6 is 0 Å². The zero-order valence-electron chi connectivity index (χ0n) is 14.3. The van der Waals surface area contributed by atoms with E-state index in [1.54, 1.807) is 19.5 Å². The molecule has 2 N–H and O–H groups in total. The van der Waals surface area contributed by atoms with E-state index in [9.17, 15) is 4.79 Å². The maximum Gasteiger partial charge on any atom is 0.303 e. The number of anilines is 2. The molecule has 132 valence electrons. The number of methoxy groups -OCH3 is 1. The molecule has 0 saturated carbocycles. The van der Waals surface area contributed by atoms with E-state index < -0.39 is 5.97 Å². The number of hydrogen-bond acceptors (Lipinski definition) is 5. The van der Waals surface area contributed by atoms with Crippen LogP contribution in [0, 0.1) is 0 Å². The molecule has 3 rings (SSSR count). The van der Waals surface area contributed by atoms with Gasteiger partial charge in [0.2, 0.25) is 5.95 Å². The first-order valence-electron chi connectivity index (χ1n) is 8.18. The van der Waals surface area contributed by atoms with Crippen LogP contribution in [0.2, 0.25) is 0 Å². The van der Waals surface area contributed by atoms with Gasteiger partial charge in [0.25, 0.3) is 0 Å². The van der Waals surface area contributed by atoms with Crippen LogP contribution in [-0.4, -0.2) is 28.2 Å². The Labute approximate surface area is 151 Å². The van der Waals surface area contributed by atoms with Crippen LogP contribution in [0.25, 0.3) is 11.1 Å². The van der Waals surface area contributed by atoms with Crippen molar-refractivity contribution in [2.75, 3.05) is 12.4 Å². The van der Waals surface area contributed by atoms with Crippen molar-refractivity contribution >= 4 is 17.6 Å². The van der Waals surface area contributed by atoms with Crippen LogP contribution in [0.1, 0.15) is 12.0 Å². The molecule has 0 fully saturated rings. The summed E-state index contributed by atoms with van der Waals surface area (Å²) in [7, 11) is 1.64. The van der Waals surface area contributed by atoms with E-state index in [0.29, 0.717) is 12.4 Å². The quantitative estimate of drug-likeness (QED) is 0.673. The number of benzene rings is 2. The molecule has 0 aliphatic carbocycles. The van der Waals surface area contributed by atoms with Gasteiger partial charge in [-0.05, 0) is 41.8 Å². The molecular weight excluding hydrogens is 330 g/mol. The summed E-state index contributed by atoms with van der Waals surface area (Å²) in [6.45, 7) is 0. The summed E-state index contributed by atoms with van der Waals surface area (Å²) in [5.41, 5.74) is 3.76. The Bertz CT molecular complexity index is 860. The van der Waals surface area contributed by atoms with Crippen molar-refractivity contribution in [3.05, 3.63) is 66.5 Å². The van der Waals surface area contributed by atoms with Crippen LogP contribution in [-0.2, 0) is 11.2 Å². The van der Waals surface area contributed by atoms with Crippen LogP contribution in [0.4, 0.5) is 11.6 Å². The van der Waals surface area contributed by atoms with E-state index in [2.05, 4.69) is 15.3 Å². The first-order chi connectivity index (χ1) is 12.6. The van der Waals surface area contributed by atoms with Crippen LogP contribution < -0.4 is 10.1 Å². The maximum atomic E-state index is 10.6. The van der Waals surface area contributed by atoms with Crippen LogP contribution in [0.5, 0.6) is 5.75 Å². The fourth-order valence-electron chi connectivity index (χ4n) is 2.46. The first-order valence-corrected chi connectivity index (χ1v) is 8.18. The number of carboxylic acid groups (broad SMARTS) is 1. The van der Waals surface area contributed by atoms with Crippen molar-refractivity contribution in [3.63, 3.8) is 0 Å². The molecule has 0 spiro atoms. The number of nitrogens with zero attached hydrogens (tertiary/aromatic N) is 2. The van der Waals surface area contributed by atoms with Crippen molar-refractivity contribution in [2.45, 2.75) is 12.8 Å². The Kier molecular flexibility index (Phi) is 5.43. The van der Waals surface area contributed by atoms with Gasteiger partial charge in [-0.2, -0.15) is 0 Å². The van der Waals surface area contributed by atoms with Crippen LogP contribution in [0.15, 0.2) is 60.9 Å². The molecule has 1 aromatic heterocycles. The molecule has 26 heavy (non-hydrogen) atoms. The molecule has 0 saturated heterocycles. The van der Waals surface area contributed by atoms with Gasteiger partial charge in [0, 0.05) is 30.1 Å². The highest BCUT2D eigenvalue weighted by Crippen LogP contribution is 2.22. The monoisotopic (exact) mass is 349 g/mol. The zero-order chi connectivity index (χ0) is 18.4. The van der Waals surface area contributed by atoms with Crippen molar-refractivity contribution < 1.29 is 14.6 Å². The number of aromatic nitrogens is 2. The largest absolute Gasteiger partial charge is 0.497 e. The van der Waals surface area contributed by atoms with Gasteiger partial charge >= 0.3 is 5.97 Å². The van der Waals surface area contributed by atoms with E-state index in [0.717, 1.165) is 28.1 Å². The second-order valence-corrected chi connectivity index (χ2v) is 5.74. The minimum Gasteiger partial charge on any atom is -0.497 e. The van der Waals surface area contributed by atoms with Gasteiger partial charge in [0.05, 0.1) is 7.11 Å². The summed E-state index contributed by atoms with van der Waals surface area (Å²) in [6.07, 6.45) is 4.17. The molecule has 0 radical (unpaired) electrons. The highest BCUT2D eigenvalue weighted by atomic mass is 16.5. The summed E-state index contributed by atoms with van der Waals surface area (Å²) in [6, 6.07) is 15.3. The first kappa shape index (κ1) is 17.4. The third-order valence-corrected chi connectivity index (χ3v) is 3.91. The van der Waals surface area contributed by atoms with Crippen LogP contribution in [0.3, 0.4) is 0 Å². The average Bonchev–Trinajstić information content (AvgIpc) is 2.68. The lowest BCUT2D eigenvalue weighted by atomic mass is 10.1. The minimum atomic E-state index is -0.794. The van der Waals surface area contributed by atoms with E-state index in [1.807, 2.05) is 48.5 Å². The van der Waals surface area contributed by atoms with Gasteiger partial charge in [-0.1, -0.05) is 24.3 Å². The number of carbonyl (C=O) groups is 1. The number of aryl methyl sites for hydroxylation is 1. The smallest absolute Gasteiger partial charge is 0.303 e. The SMILES string of the molecule is COc1ccc(-c2cnc(Nc3ccc(CCC(=O)O)cc3)nc2)cc1. The van der Waals surface area contributed by atoms with Gasteiger partial charge in [-0.15, -0.1) is 0 Å². The molecular formula is C20H19N3O3. The van der Waals surface area contributed by atoms with Gasteiger partial charge in [-0.3, -0.25) is 4.79 Å². The predicted octanol–water partition coefficient (Wildman–Crippen LogP) is 3.91. The zero-order valence-corrected chi connectivity index (χ0v) is 14.3. The van der Waals surface area contributed by atoms with Gasteiger partial charge in [-0.25, -0.2) is 9.97 Å². The molecule has 0 atom stereocenters. The highest BCUT2D eigenvalue weighted by molar-refractivity contribution is 5.67. The second kappa shape index (κ2) is 8.11. The normalized spacial score (nSPS) is 10.3. The molecule has 0 aliphatic rings. The third kappa shape index (κ3) is 4.57. The molecule has 0 amide bonds. The summed E-state index contributed by atoms with van der Waals surface area (Å²) in [5, 5.41) is 11.9. The number of hydrogen-bond donors (Lipinski definition) is 2. The van der Waals surface area contributed by atoms with Crippen molar-refractivity contribution in [1.29, 1.82) is 0 Å². The summed E-state index contributed by atoms with van der Waals surface area (Å²) < 4.78 is 5.16. The summed E-state index contributed by atoms with van der Waals surface area (Å²) in [4.78, 5) is 19.3. The molecule has 6 heteroatoms. The fourth-order valence-corrected chi connectivity index (χ4v) is 2.46. The Balaban J connectivity index is 1.64. The number of carboxylic acids is 1. The maximum absolute atomic E-state index is 10.6. The fraction of sp³-hybridized carbons (Fsp3) is 0.150. The highest BCUT2D eigenvalue weighted by Gasteiger charge is 2.03. The lowest BCUT2D eigenvalue weighted by Gasteiger charge is -2.07. The van der Waals surface area contributed by atoms with Gasteiger partial charge in [0.1, 0.15) is 5.75 Å². The van der Waals surface area contributed by atoms with E-state index in [4.69, 9.17) is 9.84 Å². The lowest BCUT2D eigenvalue weighted by molar-refractivity contribution is -0.136. The Morgan fingerprint density at radius 2 is 1.65 bits per heavy atom. The Morgan fingerprint density at radius 3 is 2.23 bits per heavy atom. The minimum absolute atomic E-state index is 0.128. The molecule has 0 bridgehead atoms. The molecule has 6 nitrogen and oxygen atoms in total. The molecule has 2 aromatic carbocycles. The Hall–Kier alpha value is -3.41. The molecule has 0 unspecified atom stereocenters.